The zero-order chi connectivity index (χ0) is 16.8. The van der Waals surface area contributed by atoms with E-state index >= 15 is 0 Å². The van der Waals surface area contributed by atoms with E-state index < -0.39 is 0 Å². The number of nitrogens with zero attached hydrogens (tertiary/aromatic N) is 2. The quantitative estimate of drug-likeness (QED) is 0.737. The Hall–Kier alpha value is -2.59. The number of nitrogens with one attached hydrogen (secondary N) is 1. The fourth-order valence-corrected chi connectivity index (χ4v) is 2.79. The Labute approximate surface area is 141 Å². The van der Waals surface area contributed by atoms with E-state index in [-0.39, 0.29) is 17.9 Å². The molecule has 0 bridgehead atoms. The van der Waals surface area contributed by atoms with Crippen molar-refractivity contribution < 1.29 is 4.39 Å². The van der Waals surface area contributed by atoms with E-state index in [1.807, 2.05) is 37.3 Å². The lowest BCUT2D eigenvalue weighted by atomic mass is 9.97. The number of aromatic nitrogens is 2. The molecule has 0 fully saturated rings. The zero-order valence-electron chi connectivity index (χ0n) is 13.6. The molecule has 1 N–H and O–H groups in total. The lowest BCUT2D eigenvalue weighted by molar-refractivity contribution is 0.440. The van der Waals surface area contributed by atoms with Gasteiger partial charge in [-0.3, -0.25) is 9.97 Å². The van der Waals surface area contributed by atoms with Crippen molar-refractivity contribution in [2.45, 2.75) is 25.4 Å². The molecule has 0 spiro atoms. The Bertz CT molecular complexity index is 762. The maximum absolute atomic E-state index is 14.3. The van der Waals surface area contributed by atoms with Crippen LogP contribution in [0, 0.1) is 5.82 Å². The largest absolute Gasteiger partial charge is 0.301 e. The number of halogens is 1. The second kappa shape index (κ2) is 7.79. The summed E-state index contributed by atoms with van der Waals surface area (Å²) in [5.41, 5.74) is 2.66. The maximum Gasteiger partial charge on any atom is 0.127 e. The molecule has 3 nitrogen and oxygen atoms in total. The first kappa shape index (κ1) is 16.3. The van der Waals surface area contributed by atoms with Crippen LogP contribution in [0.4, 0.5) is 4.39 Å². The van der Waals surface area contributed by atoms with Gasteiger partial charge in [-0.25, -0.2) is 4.39 Å². The van der Waals surface area contributed by atoms with Crippen LogP contribution in [0.5, 0.6) is 0 Å². The second-order valence-electron chi connectivity index (χ2n) is 5.78. The Morgan fingerprint density at radius 1 is 1.00 bits per heavy atom. The highest BCUT2D eigenvalue weighted by Crippen LogP contribution is 2.24. The third-order valence-corrected chi connectivity index (χ3v) is 4.04. The molecule has 0 amide bonds. The van der Waals surface area contributed by atoms with Gasteiger partial charge in [-0.05, 0) is 25.0 Å². The van der Waals surface area contributed by atoms with Gasteiger partial charge in [0.25, 0.3) is 0 Å². The average Bonchev–Trinajstić information content (AvgIpc) is 2.63. The van der Waals surface area contributed by atoms with Crippen molar-refractivity contribution in [1.82, 2.24) is 15.3 Å². The zero-order valence-corrected chi connectivity index (χ0v) is 13.6. The molecule has 0 aliphatic heterocycles. The number of hydrogen-bond donors (Lipinski definition) is 1. The molecule has 1 aromatic heterocycles. The van der Waals surface area contributed by atoms with Crippen molar-refractivity contribution in [1.29, 1.82) is 0 Å². The summed E-state index contributed by atoms with van der Waals surface area (Å²) in [6.45, 7) is 2.02. The summed E-state index contributed by atoms with van der Waals surface area (Å²) < 4.78 is 14.3. The Morgan fingerprint density at radius 2 is 1.75 bits per heavy atom. The predicted octanol–water partition coefficient (Wildman–Crippen LogP) is 4.25. The van der Waals surface area contributed by atoms with Crippen LogP contribution >= 0.6 is 0 Å². The minimum Gasteiger partial charge on any atom is -0.301 e. The van der Waals surface area contributed by atoms with Gasteiger partial charge in [0.2, 0.25) is 0 Å². The maximum atomic E-state index is 14.3. The van der Waals surface area contributed by atoms with Crippen molar-refractivity contribution in [3.8, 4) is 0 Å². The SMILES string of the molecule is C[C@H](N[C@@H](Cc1ccccc1)c1ccccc1F)c1cnccn1. The van der Waals surface area contributed by atoms with E-state index in [0.29, 0.717) is 12.0 Å². The fraction of sp³-hybridized carbons (Fsp3) is 0.200. The van der Waals surface area contributed by atoms with Crippen molar-refractivity contribution in [2.75, 3.05) is 0 Å². The number of rotatable bonds is 6. The van der Waals surface area contributed by atoms with Gasteiger partial charge in [-0.1, -0.05) is 48.5 Å². The monoisotopic (exact) mass is 321 g/mol. The Kier molecular flexibility index (Phi) is 5.29. The first-order chi connectivity index (χ1) is 11.7. The molecule has 0 radical (unpaired) electrons. The lowest BCUT2D eigenvalue weighted by Gasteiger charge is -2.24. The summed E-state index contributed by atoms with van der Waals surface area (Å²) in [6.07, 6.45) is 5.75. The molecule has 2 aromatic carbocycles. The summed E-state index contributed by atoms with van der Waals surface area (Å²) in [7, 11) is 0. The molecule has 0 aliphatic carbocycles. The van der Waals surface area contributed by atoms with Crippen molar-refractivity contribution >= 4 is 0 Å². The van der Waals surface area contributed by atoms with E-state index in [1.165, 1.54) is 6.07 Å². The van der Waals surface area contributed by atoms with Crippen molar-refractivity contribution in [3.63, 3.8) is 0 Å². The van der Waals surface area contributed by atoms with Gasteiger partial charge in [0, 0.05) is 36.2 Å². The summed E-state index contributed by atoms with van der Waals surface area (Å²) in [5, 5.41) is 3.50. The van der Waals surface area contributed by atoms with Gasteiger partial charge >= 0.3 is 0 Å². The molecule has 4 heteroatoms. The minimum absolute atomic E-state index is 0.0352. The van der Waals surface area contributed by atoms with Crippen LogP contribution in [0.2, 0.25) is 0 Å². The van der Waals surface area contributed by atoms with E-state index in [4.69, 9.17) is 0 Å². The molecule has 3 rings (SSSR count). The second-order valence-corrected chi connectivity index (χ2v) is 5.78. The number of hydrogen-bond acceptors (Lipinski definition) is 3. The van der Waals surface area contributed by atoms with Crippen molar-refractivity contribution in [3.05, 3.63) is 95.8 Å². The van der Waals surface area contributed by atoms with E-state index in [9.17, 15) is 4.39 Å². The van der Waals surface area contributed by atoms with Gasteiger partial charge in [-0.2, -0.15) is 0 Å². The lowest BCUT2D eigenvalue weighted by Crippen LogP contribution is -2.27. The molecule has 2 atom stereocenters. The molecule has 1 heterocycles. The highest BCUT2D eigenvalue weighted by molar-refractivity contribution is 5.25. The Morgan fingerprint density at radius 3 is 2.46 bits per heavy atom. The topological polar surface area (TPSA) is 37.8 Å². The first-order valence-electron chi connectivity index (χ1n) is 8.04. The van der Waals surface area contributed by atoms with Crippen LogP contribution in [0.1, 0.15) is 35.8 Å². The molecular weight excluding hydrogens is 301 g/mol. The molecule has 0 saturated heterocycles. The van der Waals surface area contributed by atoms with E-state index in [2.05, 4.69) is 27.4 Å². The van der Waals surface area contributed by atoms with Gasteiger partial charge in [0.15, 0.2) is 0 Å². The normalized spacial score (nSPS) is 13.4. The smallest absolute Gasteiger partial charge is 0.127 e. The van der Waals surface area contributed by atoms with Gasteiger partial charge in [0.1, 0.15) is 5.82 Å². The molecule has 122 valence electrons. The van der Waals surface area contributed by atoms with Crippen LogP contribution in [-0.2, 0) is 6.42 Å². The molecule has 0 unspecified atom stereocenters. The fourth-order valence-electron chi connectivity index (χ4n) is 2.79. The standard InChI is InChI=1S/C20H20FN3/c1-15(20-14-22-11-12-23-20)24-19(13-16-7-3-2-4-8-16)17-9-5-6-10-18(17)21/h2-12,14-15,19,24H,13H2,1H3/t15-,19-/m0/s1. The van der Waals surface area contributed by atoms with Crippen LogP contribution in [0.3, 0.4) is 0 Å². The summed E-state index contributed by atoms with van der Waals surface area (Å²) in [5.74, 6) is -0.197. The molecular formula is C20H20FN3. The molecule has 3 aromatic rings. The predicted molar refractivity (Wildman–Crippen MR) is 92.9 cm³/mol. The van der Waals surface area contributed by atoms with Gasteiger partial charge in [0.05, 0.1) is 5.69 Å². The van der Waals surface area contributed by atoms with E-state index in [0.717, 1.165) is 11.3 Å². The van der Waals surface area contributed by atoms with Crippen LogP contribution in [-0.4, -0.2) is 9.97 Å². The third-order valence-electron chi connectivity index (χ3n) is 4.04. The van der Waals surface area contributed by atoms with Crippen LogP contribution < -0.4 is 5.32 Å². The van der Waals surface area contributed by atoms with E-state index in [1.54, 1.807) is 24.7 Å². The van der Waals surface area contributed by atoms with Crippen molar-refractivity contribution in [2.24, 2.45) is 0 Å². The summed E-state index contributed by atoms with van der Waals surface area (Å²) in [4.78, 5) is 8.45. The average molecular weight is 321 g/mol. The van der Waals surface area contributed by atoms with Gasteiger partial charge in [-0.15, -0.1) is 0 Å². The first-order valence-corrected chi connectivity index (χ1v) is 8.04. The highest BCUT2D eigenvalue weighted by atomic mass is 19.1. The molecule has 0 saturated carbocycles. The summed E-state index contributed by atoms with van der Waals surface area (Å²) >= 11 is 0. The van der Waals surface area contributed by atoms with Crippen LogP contribution in [0.25, 0.3) is 0 Å². The Balaban J connectivity index is 1.86. The molecule has 0 aliphatic rings. The minimum atomic E-state index is -0.197. The van der Waals surface area contributed by atoms with Crippen LogP contribution in [0.15, 0.2) is 73.2 Å². The number of benzene rings is 2. The third kappa shape index (κ3) is 4.03. The van der Waals surface area contributed by atoms with Gasteiger partial charge < -0.3 is 5.32 Å². The molecule has 24 heavy (non-hydrogen) atoms. The summed E-state index contributed by atoms with van der Waals surface area (Å²) in [6, 6.07) is 16.8. The highest BCUT2D eigenvalue weighted by Gasteiger charge is 2.19.